The van der Waals surface area contributed by atoms with Crippen molar-refractivity contribution in [1.29, 1.82) is 0 Å². The molecule has 0 radical (unpaired) electrons. The van der Waals surface area contributed by atoms with E-state index < -0.39 is 11.5 Å². The van der Waals surface area contributed by atoms with E-state index in [1.54, 1.807) is 30.3 Å². The number of aromatic nitrogens is 3. The zero-order chi connectivity index (χ0) is 21.7. The molecule has 156 valence electrons. The summed E-state index contributed by atoms with van der Waals surface area (Å²) in [5, 5.41) is 21.6. The van der Waals surface area contributed by atoms with Gasteiger partial charge in [0.1, 0.15) is 17.2 Å². The second-order valence-electron chi connectivity index (χ2n) is 8.20. The molecule has 1 fully saturated rings. The largest absolute Gasteiger partial charge is 0.381 e. The maximum Gasteiger partial charge on any atom is 0.255 e. The Labute approximate surface area is 178 Å². The molecule has 1 amide bonds. The molecule has 1 aliphatic rings. The Bertz CT molecular complexity index is 1120. The molecule has 0 bridgehead atoms. The molecule has 6 nitrogen and oxygen atoms in total. The molecule has 2 N–H and O–H groups in total. The Morgan fingerprint density at radius 3 is 2.43 bits per heavy atom. The van der Waals surface area contributed by atoms with Crippen LogP contribution in [0.1, 0.15) is 38.1 Å². The summed E-state index contributed by atoms with van der Waals surface area (Å²) in [7, 11) is 1.88. The molecule has 3 aromatic rings. The van der Waals surface area contributed by atoms with Gasteiger partial charge in [-0.05, 0) is 62.6 Å². The van der Waals surface area contributed by atoms with Gasteiger partial charge in [-0.15, -0.1) is 10.2 Å². The van der Waals surface area contributed by atoms with Crippen LogP contribution in [-0.2, 0) is 17.3 Å². The average Bonchev–Trinajstić information content (AvgIpc) is 3.39. The van der Waals surface area contributed by atoms with Crippen LogP contribution in [0.5, 0.6) is 0 Å². The molecule has 0 aliphatic heterocycles. The molecule has 1 saturated carbocycles. The third-order valence-electron chi connectivity index (χ3n) is 5.47. The molecular weight excluding hydrogens is 407 g/mol. The van der Waals surface area contributed by atoms with Crippen molar-refractivity contribution >= 4 is 23.2 Å². The number of hydrogen-bond donors (Lipinski definition) is 2. The van der Waals surface area contributed by atoms with Gasteiger partial charge in [-0.2, -0.15) is 0 Å². The van der Waals surface area contributed by atoms with Crippen molar-refractivity contribution in [2.75, 3.05) is 5.32 Å². The minimum absolute atomic E-state index is 0.263. The van der Waals surface area contributed by atoms with Crippen LogP contribution in [-0.4, -0.2) is 31.4 Å². The van der Waals surface area contributed by atoms with Gasteiger partial charge in [0, 0.05) is 18.3 Å². The second-order valence-corrected chi connectivity index (χ2v) is 8.61. The van der Waals surface area contributed by atoms with Crippen molar-refractivity contribution in [1.82, 2.24) is 14.8 Å². The number of halogens is 2. The van der Waals surface area contributed by atoms with Crippen molar-refractivity contribution in [3.63, 3.8) is 0 Å². The quantitative estimate of drug-likeness (QED) is 0.642. The number of nitrogens with one attached hydrogen (secondary N) is 1. The van der Waals surface area contributed by atoms with E-state index in [9.17, 15) is 14.3 Å². The Kier molecular flexibility index (Phi) is 4.91. The molecule has 2 aromatic carbocycles. The van der Waals surface area contributed by atoms with Crippen molar-refractivity contribution in [2.24, 2.45) is 7.05 Å². The molecule has 0 saturated heterocycles. The van der Waals surface area contributed by atoms with Gasteiger partial charge in [-0.1, -0.05) is 23.7 Å². The zero-order valence-corrected chi connectivity index (χ0v) is 17.7. The molecule has 1 heterocycles. The van der Waals surface area contributed by atoms with Crippen molar-refractivity contribution in [3.8, 4) is 11.4 Å². The lowest BCUT2D eigenvalue weighted by Gasteiger charge is -2.17. The van der Waals surface area contributed by atoms with Crippen LogP contribution in [0.15, 0.2) is 42.5 Å². The minimum atomic E-state index is -1.50. The number of anilines is 1. The first-order valence-electron chi connectivity index (χ1n) is 9.61. The number of carbonyl (C=O) groups is 1. The normalized spacial score (nSPS) is 15.1. The first-order valence-corrected chi connectivity index (χ1v) is 9.99. The highest BCUT2D eigenvalue weighted by molar-refractivity contribution is 6.33. The van der Waals surface area contributed by atoms with E-state index in [0.29, 0.717) is 22.1 Å². The van der Waals surface area contributed by atoms with Gasteiger partial charge >= 0.3 is 0 Å². The number of benzene rings is 2. The van der Waals surface area contributed by atoms with E-state index in [4.69, 9.17) is 11.6 Å². The summed E-state index contributed by atoms with van der Waals surface area (Å²) < 4.78 is 15.2. The van der Waals surface area contributed by atoms with E-state index >= 15 is 0 Å². The Balaban J connectivity index is 1.64. The summed E-state index contributed by atoms with van der Waals surface area (Å²) in [6.07, 6.45) is 1.83. The number of aliphatic hydroxyl groups is 1. The van der Waals surface area contributed by atoms with E-state index in [2.05, 4.69) is 15.5 Å². The number of rotatable bonds is 5. The van der Waals surface area contributed by atoms with Crippen LogP contribution >= 0.6 is 11.6 Å². The Morgan fingerprint density at radius 1 is 1.20 bits per heavy atom. The fourth-order valence-corrected chi connectivity index (χ4v) is 3.84. The number of hydrogen-bond acceptors (Lipinski definition) is 4. The monoisotopic (exact) mass is 428 g/mol. The minimum Gasteiger partial charge on any atom is -0.381 e. The molecule has 0 spiro atoms. The lowest BCUT2D eigenvalue weighted by atomic mass is 9.95. The third kappa shape index (κ3) is 3.59. The average molecular weight is 429 g/mol. The van der Waals surface area contributed by atoms with Crippen LogP contribution in [0.4, 0.5) is 10.1 Å². The maximum atomic E-state index is 13.3. The number of nitrogens with zero attached hydrogens (tertiary/aromatic N) is 3. The SMILES string of the molecule is Cn1c(-c2ccc(NC(=O)C(C)(C)O)cc2Cl)nnc1C1(c2ccc(F)cc2)CC1. The van der Waals surface area contributed by atoms with Gasteiger partial charge in [0.15, 0.2) is 5.82 Å². The summed E-state index contributed by atoms with van der Waals surface area (Å²) in [5.74, 6) is 0.613. The Hall–Kier alpha value is -2.77. The van der Waals surface area contributed by atoms with E-state index in [1.165, 1.54) is 26.0 Å². The van der Waals surface area contributed by atoms with Crippen LogP contribution in [0.3, 0.4) is 0 Å². The summed E-state index contributed by atoms with van der Waals surface area (Å²) in [5.41, 5.74) is 0.405. The number of amides is 1. The van der Waals surface area contributed by atoms with E-state index in [0.717, 1.165) is 24.2 Å². The van der Waals surface area contributed by atoms with E-state index in [1.807, 2.05) is 11.6 Å². The summed E-state index contributed by atoms with van der Waals surface area (Å²) >= 11 is 6.47. The Morgan fingerprint density at radius 2 is 1.87 bits per heavy atom. The van der Waals surface area contributed by atoms with Gasteiger partial charge in [-0.3, -0.25) is 4.79 Å². The molecule has 0 unspecified atom stereocenters. The van der Waals surface area contributed by atoms with Gasteiger partial charge < -0.3 is 15.0 Å². The fourth-order valence-electron chi connectivity index (χ4n) is 3.57. The predicted octanol–water partition coefficient (Wildman–Crippen LogP) is 4.06. The lowest BCUT2D eigenvalue weighted by molar-refractivity contribution is -0.130. The standard InChI is InChI=1S/C22H22ClFN4O2/c1-21(2,30)20(29)25-15-8-9-16(17(23)12-15)18-26-27-19(28(18)3)22(10-11-22)13-4-6-14(24)7-5-13/h4-9,12,30H,10-11H2,1-3H3,(H,25,29). The van der Waals surface area contributed by atoms with Gasteiger partial charge in [-0.25, -0.2) is 4.39 Å². The highest BCUT2D eigenvalue weighted by atomic mass is 35.5. The fraction of sp³-hybridized carbons (Fsp3) is 0.318. The molecular formula is C22H22ClFN4O2. The van der Waals surface area contributed by atoms with Gasteiger partial charge in [0.05, 0.1) is 10.4 Å². The topological polar surface area (TPSA) is 80.0 Å². The molecule has 0 atom stereocenters. The third-order valence-corrected chi connectivity index (χ3v) is 5.79. The maximum absolute atomic E-state index is 13.3. The van der Waals surface area contributed by atoms with Crippen molar-refractivity contribution in [3.05, 3.63) is 64.7 Å². The van der Waals surface area contributed by atoms with Crippen LogP contribution in [0.25, 0.3) is 11.4 Å². The first-order chi connectivity index (χ1) is 14.1. The van der Waals surface area contributed by atoms with Crippen LogP contribution in [0, 0.1) is 5.82 Å². The highest BCUT2D eigenvalue weighted by Gasteiger charge is 2.50. The predicted molar refractivity (Wildman–Crippen MR) is 113 cm³/mol. The molecule has 4 rings (SSSR count). The molecule has 8 heteroatoms. The highest BCUT2D eigenvalue weighted by Crippen LogP contribution is 2.53. The molecule has 1 aromatic heterocycles. The van der Waals surface area contributed by atoms with Gasteiger partial charge in [0.25, 0.3) is 5.91 Å². The van der Waals surface area contributed by atoms with Crippen LogP contribution in [0.2, 0.25) is 5.02 Å². The lowest BCUT2D eigenvalue weighted by Crippen LogP contribution is -2.36. The summed E-state index contributed by atoms with van der Waals surface area (Å²) in [6, 6.07) is 11.6. The van der Waals surface area contributed by atoms with E-state index in [-0.39, 0.29) is 11.2 Å². The van der Waals surface area contributed by atoms with Crippen LogP contribution < -0.4 is 5.32 Å². The molecule has 1 aliphatic carbocycles. The summed E-state index contributed by atoms with van der Waals surface area (Å²) in [6.45, 7) is 2.82. The summed E-state index contributed by atoms with van der Waals surface area (Å²) in [4.78, 5) is 12.0. The number of carbonyl (C=O) groups excluding carboxylic acids is 1. The smallest absolute Gasteiger partial charge is 0.255 e. The molecule has 30 heavy (non-hydrogen) atoms. The van der Waals surface area contributed by atoms with Gasteiger partial charge in [0.2, 0.25) is 0 Å². The zero-order valence-electron chi connectivity index (χ0n) is 16.9. The first kappa shape index (κ1) is 20.5. The van der Waals surface area contributed by atoms with Crippen molar-refractivity contribution in [2.45, 2.75) is 37.7 Å². The second kappa shape index (κ2) is 7.18. The van der Waals surface area contributed by atoms with Crippen molar-refractivity contribution < 1.29 is 14.3 Å².